The van der Waals surface area contributed by atoms with Gasteiger partial charge in [-0.15, -0.1) is 0 Å². The molecule has 5 heteroatoms. The summed E-state index contributed by atoms with van der Waals surface area (Å²) in [5.74, 6) is 1.38. The predicted molar refractivity (Wildman–Crippen MR) is 75.1 cm³/mol. The number of hydrogen-bond donors (Lipinski definition) is 2. The SMILES string of the molecule is COc1ccccc1O.COc1ccccc1O.[Na]. The second kappa shape index (κ2) is 9.55. The van der Waals surface area contributed by atoms with Gasteiger partial charge in [0.25, 0.3) is 0 Å². The minimum atomic E-state index is 0. The van der Waals surface area contributed by atoms with Crippen molar-refractivity contribution < 1.29 is 19.7 Å². The van der Waals surface area contributed by atoms with Crippen LogP contribution in [0.15, 0.2) is 48.5 Å². The number of rotatable bonds is 2. The summed E-state index contributed by atoms with van der Waals surface area (Å²) in [5, 5.41) is 18.0. The second-order valence-corrected chi connectivity index (χ2v) is 3.34. The van der Waals surface area contributed by atoms with Crippen LogP contribution in [0.5, 0.6) is 23.0 Å². The Morgan fingerprint density at radius 2 is 1.00 bits per heavy atom. The summed E-state index contributed by atoms with van der Waals surface area (Å²) in [6.07, 6.45) is 0. The molecule has 0 atom stereocenters. The summed E-state index contributed by atoms with van der Waals surface area (Å²) in [5.41, 5.74) is 0. The van der Waals surface area contributed by atoms with Crippen molar-refractivity contribution in [2.45, 2.75) is 0 Å². The molecule has 4 nitrogen and oxygen atoms in total. The largest absolute Gasteiger partial charge is 0.504 e. The Morgan fingerprint density at radius 3 is 1.21 bits per heavy atom. The Bertz CT molecular complexity index is 443. The summed E-state index contributed by atoms with van der Waals surface area (Å²) in [6.45, 7) is 0. The normalized spacial score (nSPS) is 8.53. The molecule has 0 unspecified atom stereocenters. The Morgan fingerprint density at radius 1 is 0.684 bits per heavy atom. The number of phenols is 2. The van der Waals surface area contributed by atoms with Crippen LogP contribution in [0.2, 0.25) is 0 Å². The van der Waals surface area contributed by atoms with E-state index in [9.17, 15) is 0 Å². The molecular formula is C14H16NaO4. The summed E-state index contributed by atoms with van der Waals surface area (Å²) in [6, 6.07) is 13.7. The van der Waals surface area contributed by atoms with Crippen LogP contribution < -0.4 is 9.47 Å². The fraction of sp³-hybridized carbons (Fsp3) is 0.143. The van der Waals surface area contributed by atoms with Crippen molar-refractivity contribution in [3.63, 3.8) is 0 Å². The molecule has 0 saturated carbocycles. The van der Waals surface area contributed by atoms with Crippen LogP contribution in [0.4, 0.5) is 0 Å². The predicted octanol–water partition coefficient (Wildman–Crippen LogP) is 2.42. The maximum atomic E-state index is 8.99. The zero-order valence-corrected chi connectivity index (χ0v) is 13.3. The minimum Gasteiger partial charge on any atom is -0.504 e. The van der Waals surface area contributed by atoms with Crippen LogP contribution in [0, 0.1) is 0 Å². The zero-order valence-electron chi connectivity index (χ0n) is 11.3. The van der Waals surface area contributed by atoms with Crippen molar-refractivity contribution in [1.29, 1.82) is 0 Å². The van der Waals surface area contributed by atoms with E-state index >= 15 is 0 Å². The van der Waals surface area contributed by atoms with Crippen molar-refractivity contribution in [3.8, 4) is 23.0 Å². The third kappa shape index (κ3) is 5.87. The van der Waals surface area contributed by atoms with Crippen molar-refractivity contribution in [3.05, 3.63) is 48.5 Å². The van der Waals surface area contributed by atoms with Gasteiger partial charge in [0.2, 0.25) is 0 Å². The number of para-hydroxylation sites is 4. The van der Waals surface area contributed by atoms with Gasteiger partial charge in [0.05, 0.1) is 14.2 Å². The molecular weight excluding hydrogens is 255 g/mol. The molecule has 2 aromatic rings. The summed E-state index contributed by atoms with van der Waals surface area (Å²) < 4.78 is 9.59. The Labute approximate surface area is 134 Å². The molecule has 0 aliphatic heterocycles. The van der Waals surface area contributed by atoms with Crippen molar-refractivity contribution >= 4 is 29.6 Å². The molecule has 0 amide bonds. The van der Waals surface area contributed by atoms with Gasteiger partial charge < -0.3 is 19.7 Å². The third-order valence-electron chi connectivity index (χ3n) is 2.17. The summed E-state index contributed by atoms with van der Waals surface area (Å²) >= 11 is 0. The number of aromatic hydroxyl groups is 2. The monoisotopic (exact) mass is 271 g/mol. The molecule has 0 aliphatic rings. The molecule has 0 heterocycles. The van der Waals surface area contributed by atoms with Gasteiger partial charge in [-0.2, -0.15) is 0 Å². The van der Waals surface area contributed by atoms with Gasteiger partial charge >= 0.3 is 0 Å². The quantitative estimate of drug-likeness (QED) is 0.824. The van der Waals surface area contributed by atoms with Crippen LogP contribution in [-0.4, -0.2) is 54.0 Å². The fourth-order valence-electron chi connectivity index (χ4n) is 1.26. The summed E-state index contributed by atoms with van der Waals surface area (Å²) in [7, 11) is 3.05. The van der Waals surface area contributed by atoms with Crippen molar-refractivity contribution in [2.75, 3.05) is 14.2 Å². The second-order valence-electron chi connectivity index (χ2n) is 3.34. The van der Waals surface area contributed by atoms with Crippen molar-refractivity contribution in [1.82, 2.24) is 0 Å². The van der Waals surface area contributed by atoms with Crippen LogP contribution >= 0.6 is 0 Å². The van der Waals surface area contributed by atoms with Crippen LogP contribution in [0.3, 0.4) is 0 Å². The van der Waals surface area contributed by atoms with E-state index < -0.39 is 0 Å². The standard InChI is InChI=1S/2C7H8O2.Na/c2*1-9-7-5-3-2-4-6(7)8;/h2*2-5,8H,1H3;. The fourth-order valence-corrected chi connectivity index (χ4v) is 1.26. The molecule has 19 heavy (non-hydrogen) atoms. The van der Waals surface area contributed by atoms with E-state index in [0.717, 1.165) is 0 Å². The molecule has 0 aromatic heterocycles. The molecule has 2 aromatic carbocycles. The van der Waals surface area contributed by atoms with E-state index in [1.54, 1.807) is 48.5 Å². The number of phenolic OH excluding ortho intramolecular Hbond substituents is 2. The zero-order chi connectivity index (χ0) is 13.4. The van der Waals surface area contributed by atoms with Crippen LogP contribution in [0.1, 0.15) is 0 Å². The maximum absolute atomic E-state index is 8.99. The van der Waals surface area contributed by atoms with E-state index in [1.165, 1.54) is 14.2 Å². The molecule has 2 N–H and O–H groups in total. The molecule has 0 bridgehead atoms. The number of hydrogen-bond acceptors (Lipinski definition) is 4. The molecule has 0 spiro atoms. The molecule has 0 aliphatic carbocycles. The van der Waals surface area contributed by atoms with E-state index in [0.29, 0.717) is 11.5 Å². The molecule has 97 valence electrons. The smallest absolute Gasteiger partial charge is 0.160 e. The van der Waals surface area contributed by atoms with Crippen LogP contribution in [-0.2, 0) is 0 Å². The minimum absolute atomic E-state index is 0. The first-order valence-corrected chi connectivity index (χ1v) is 5.33. The van der Waals surface area contributed by atoms with E-state index in [4.69, 9.17) is 19.7 Å². The molecule has 2 rings (SSSR count). The van der Waals surface area contributed by atoms with Gasteiger partial charge in [-0.05, 0) is 24.3 Å². The van der Waals surface area contributed by atoms with Crippen molar-refractivity contribution in [2.24, 2.45) is 0 Å². The third-order valence-corrected chi connectivity index (χ3v) is 2.17. The van der Waals surface area contributed by atoms with Gasteiger partial charge in [0, 0.05) is 29.6 Å². The number of methoxy groups -OCH3 is 2. The first-order valence-electron chi connectivity index (χ1n) is 5.33. The van der Waals surface area contributed by atoms with E-state index in [2.05, 4.69) is 0 Å². The number of benzene rings is 2. The van der Waals surface area contributed by atoms with Gasteiger partial charge in [0.1, 0.15) is 0 Å². The van der Waals surface area contributed by atoms with E-state index in [-0.39, 0.29) is 41.1 Å². The van der Waals surface area contributed by atoms with Gasteiger partial charge in [-0.1, -0.05) is 24.3 Å². The maximum Gasteiger partial charge on any atom is 0.160 e. The molecule has 0 fully saturated rings. The van der Waals surface area contributed by atoms with Gasteiger partial charge in [-0.3, -0.25) is 0 Å². The average molecular weight is 271 g/mol. The summed E-state index contributed by atoms with van der Waals surface area (Å²) in [4.78, 5) is 0. The topological polar surface area (TPSA) is 58.9 Å². The Balaban J connectivity index is 0.000000324. The molecule has 0 saturated heterocycles. The first-order chi connectivity index (χ1) is 8.69. The molecule has 1 radical (unpaired) electrons. The van der Waals surface area contributed by atoms with E-state index in [1.807, 2.05) is 0 Å². The Kier molecular flexibility index (Phi) is 8.87. The van der Waals surface area contributed by atoms with Gasteiger partial charge in [-0.25, -0.2) is 0 Å². The first kappa shape index (κ1) is 17.6. The van der Waals surface area contributed by atoms with Crippen LogP contribution in [0.25, 0.3) is 0 Å². The van der Waals surface area contributed by atoms with Gasteiger partial charge in [0.15, 0.2) is 23.0 Å². The average Bonchev–Trinajstić information content (AvgIpc) is 2.41. The number of ether oxygens (including phenoxy) is 2. The Hall–Kier alpha value is -1.36.